The Morgan fingerprint density at radius 3 is 2.41 bits per heavy atom. The molecule has 2 atom stereocenters. The number of esters is 3. The van der Waals surface area contributed by atoms with Crippen molar-refractivity contribution in [1.82, 2.24) is 0 Å². The van der Waals surface area contributed by atoms with E-state index < -0.39 is 28.4 Å². The molecule has 0 spiro atoms. The molecular weight excluding hydrogens is 372 g/mol. The molecule has 0 radical (unpaired) electrons. The summed E-state index contributed by atoms with van der Waals surface area (Å²) in [6.07, 6.45) is 0.939. The van der Waals surface area contributed by atoms with Crippen molar-refractivity contribution in [2.75, 3.05) is 6.61 Å². The van der Waals surface area contributed by atoms with E-state index in [9.17, 15) is 14.4 Å². The van der Waals surface area contributed by atoms with Gasteiger partial charge >= 0.3 is 17.9 Å². The van der Waals surface area contributed by atoms with Gasteiger partial charge in [-0.2, -0.15) is 0 Å². The van der Waals surface area contributed by atoms with E-state index >= 15 is 0 Å². The molecule has 2 aliphatic rings. The third kappa shape index (κ3) is 2.44. The number of carbonyl (C=O) groups excluding carboxylic acids is 3. The first-order chi connectivity index (χ1) is 13.7. The second kappa shape index (κ2) is 6.31. The molecular formula is C23H24O6. The van der Waals surface area contributed by atoms with Crippen LogP contribution in [0, 0.1) is 10.8 Å². The van der Waals surface area contributed by atoms with Gasteiger partial charge in [-0.25, -0.2) is 9.59 Å². The smallest absolute Gasteiger partial charge is 0.356 e. The highest BCUT2D eigenvalue weighted by Crippen LogP contribution is 2.65. The van der Waals surface area contributed by atoms with E-state index in [0.717, 1.165) is 5.39 Å². The first kappa shape index (κ1) is 19.4. The highest BCUT2D eigenvalue weighted by atomic mass is 16.6. The molecule has 2 unspecified atom stereocenters. The number of hydrogen-bond donors (Lipinski definition) is 0. The minimum absolute atomic E-state index is 0.133. The molecule has 1 aliphatic carbocycles. The lowest BCUT2D eigenvalue weighted by molar-refractivity contribution is -0.176. The third-order valence-electron chi connectivity index (χ3n) is 6.98. The summed E-state index contributed by atoms with van der Waals surface area (Å²) in [6.45, 7) is 7.47. The van der Waals surface area contributed by atoms with Crippen molar-refractivity contribution in [3.8, 4) is 5.75 Å². The molecule has 0 aromatic heterocycles. The Balaban J connectivity index is 1.80. The molecule has 2 fully saturated rings. The van der Waals surface area contributed by atoms with Crippen LogP contribution in [-0.2, 0) is 19.1 Å². The molecule has 2 bridgehead atoms. The van der Waals surface area contributed by atoms with E-state index in [4.69, 9.17) is 14.2 Å². The highest BCUT2D eigenvalue weighted by molar-refractivity contribution is 6.04. The molecule has 152 valence electrons. The maximum atomic E-state index is 13.4. The van der Waals surface area contributed by atoms with E-state index in [-0.39, 0.29) is 23.9 Å². The molecule has 29 heavy (non-hydrogen) atoms. The Morgan fingerprint density at radius 1 is 1.07 bits per heavy atom. The van der Waals surface area contributed by atoms with Crippen LogP contribution in [0.5, 0.6) is 5.75 Å². The molecule has 4 rings (SSSR count). The number of benzene rings is 2. The predicted octanol–water partition coefficient (Wildman–Crippen LogP) is 4.04. The van der Waals surface area contributed by atoms with E-state index in [1.54, 1.807) is 31.2 Å². The number of ether oxygens (including phenoxy) is 3. The average molecular weight is 396 g/mol. The number of hydrogen-bond acceptors (Lipinski definition) is 6. The van der Waals surface area contributed by atoms with E-state index in [1.165, 1.54) is 0 Å². The maximum absolute atomic E-state index is 13.4. The highest BCUT2D eigenvalue weighted by Gasteiger charge is 2.76. The van der Waals surface area contributed by atoms with Crippen LogP contribution in [0.4, 0.5) is 0 Å². The molecule has 2 aromatic rings. The summed E-state index contributed by atoms with van der Waals surface area (Å²) in [5.74, 6) is -1.47. The average Bonchev–Trinajstić information content (AvgIpc) is 2.98. The van der Waals surface area contributed by atoms with Gasteiger partial charge in [0.05, 0.1) is 12.0 Å². The van der Waals surface area contributed by atoms with Gasteiger partial charge < -0.3 is 14.2 Å². The monoisotopic (exact) mass is 396 g/mol. The van der Waals surface area contributed by atoms with Gasteiger partial charge in [-0.3, -0.25) is 4.79 Å². The Labute approximate surface area is 169 Å². The first-order valence-corrected chi connectivity index (χ1v) is 9.82. The summed E-state index contributed by atoms with van der Waals surface area (Å²) in [5, 5.41) is 1.44. The lowest BCUT2D eigenvalue weighted by Crippen LogP contribution is -2.50. The zero-order valence-electron chi connectivity index (χ0n) is 17.0. The Bertz CT molecular complexity index is 1040. The minimum Gasteiger partial charge on any atom is -0.462 e. The lowest BCUT2D eigenvalue weighted by Gasteiger charge is -2.34. The van der Waals surface area contributed by atoms with Gasteiger partial charge in [0, 0.05) is 10.8 Å². The van der Waals surface area contributed by atoms with Crippen molar-refractivity contribution in [1.29, 1.82) is 0 Å². The zero-order chi connectivity index (χ0) is 21.0. The summed E-state index contributed by atoms with van der Waals surface area (Å²) >= 11 is 0. The van der Waals surface area contributed by atoms with Crippen LogP contribution in [0.2, 0.25) is 0 Å². The van der Waals surface area contributed by atoms with Crippen molar-refractivity contribution in [3.05, 3.63) is 42.0 Å². The molecule has 1 heterocycles. The summed E-state index contributed by atoms with van der Waals surface area (Å²) in [4.78, 5) is 38.4. The van der Waals surface area contributed by atoms with Gasteiger partial charge in [0.25, 0.3) is 0 Å². The van der Waals surface area contributed by atoms with Gasteiger partial charge in [-0.1, -0.05) is 44.2 Å². The van der Waals surface area contributed by atoms with Gasteiger partial charge in [0.15, 0.2) is 5.75 Å². The summed E-state index contributed by atoms with van der Waals surface area (Å²) in [6, 6.07) is 10.7. The first-order valence-electron chi connectivity index (χ1n) is 9.82. The van der Waals surface area contributed by atoms with Crippen LogP contribution in [0.25, 0.3) is 10.8 Å². The van der Waals surface area contributed by atoms with E-state index in [1.807, 2.05) is 32.9 Å². The predicted molar refractivity (Wildman–Crippen MR) is 105 cm³/mol. The number of fused-ring (bicyclic) bond motifs is 3. The number of rotatable bonds is 4. The van der Waals surface area contributed by atoms with Crippen LogP contribution in [0.15, 0.2) is 36.4 Å². The largest absolute Gasteiger partial charge is 0.462 e. The SMILES string of the molecule is CCOC(=O)c1ccc2ccccc2c1OC(=O)C12CCC(C)(C(=O)O1)C2(C)C. The third-order valence-corrected chi connectivity index (χ3v) is 6.98. The number of carbonyl (C=O) groups is 3. The molecule has 0 amide bonds. The standard InChI is InChI=1S/C23H24O6/c1-5-27-18(24)16-11-10-14-8-6-7-9-15(14)17(16)28-20(26)23-13-12-22(4,19(25)29-23)21(23,2)3/h6-11H,5,12-13H2,1-4H3. The van der Waals surface area contributed by atoms with Gasteiger partial charge in [-0.05, 0) is 38.1 Å². The zero-order valence-corrected chi connectivity index (χ0v) is 17.0. The molecule has 0 N–H and O–H groups in total. The summed E-state index contributed by atoms with van der Waals surface area (Å²) in [5.41, 5.74) is -2.68. The Hall–Kier alpha value is -2.89. The Morgan fingerprint density at radius 2 is 1.79 bits per heavy atom. The van der Waals surface area contributed by atoms with Crippen molar-refractivity contribution in [3.63, 3.8) is 0 Å². The van der Waals surface area contributed by atoms with Crippen LogP contribution in [0.3, 0.4) is 0 Å². The molecule has 6 heteroatoms. The topological polar surface area (TPSA) is 78.9 Å². The van der Waals surface area contributed by atoms with Crippen molar-refractivity contribution in [2.24, 2.45) is 10.8 Å². The van der Waals surface area contributed by atoms with Gasteiger partial charge in [-0.15, -0.1) is 0 Å². The van der Waals surface area contributed by atoms with Crippen LogP contribution in [-0.4, -0.2) is 30.1 Å². The van der Waals surface area contributed by atoms with Gasteiger partial charge in [0.1, 0.15) is 5.56 Å². The maximum Gasteiger partial charge on any atom is 0.356 e. The normalized spacial score (nSPS) is 27.0. The molecule has 1 saturated carbocycles. The minimum atomic E-state index is -1.37. The van der Waals surface area contributed by atoms with Gasteiger partial charge in [0.2, 0.25) is 5.60 Å². The molecule has 1 saturated heterocycles. The van der Waals surface area contributed by atoms with Crippen LogP contribution in [0.1, 0.15) is 50.9 Å². The summed E-state index contributed by atoms with van der Waals surface area (Å²) < 4.78 is 16.6. The molecule has 1 aliphatic heterocycles. The molecule has 2 aromatic carbocycles. The molecule has 6 nitrogen and oxygen atoms in total. The second-order valence-electron chi connectivity index (χ2n) is 8.45. The van der Waals surface area contributed by atoms with Crippen molar-refractivity contribution < 1.29 is 28.6 Å². The van der Waals surface area contributed by atoms with Crippen molar-refractivity contribution in [2.45, 2.75) is 46.1 Å². The van der Waals surface area contributed by atoms with Crippen molar-refractivity contribution >= 4 is 28.7 Å². The quantitative estimate of drug-likeness (QED) is 0.573. The van der Waals surface area contributed by atoms with E-state index in [0.29, 0.717) is 18.2 Å². The lowest BCUT2D eigenvalue weighted by atomic mass is 9.66. The Kier molecular flexibility index (Phi) is 4.22. The van der Waals surface area contributed by atoms with Crippen LogP contribution >= 0.6 is 0 Å². The van der Waals surface area contributed by atoms with Crippen LogP contribution < -0.4 is 4.74 Å². The fraction of sp³-hybridized carbons (Fsp3) is 0.435. The fourth-order valence-electron chi connectivity index (χ4n) is 4.60. The summed E-state index contributed by atoms with van der Waals surface area (Å²) in [7, 11) is 0. The second-order valence-corrected chi connectivity index (χ2v) is 8.45. The van der Waals surface area contributed by atoms with E-state index in [2.05, 4.69) is 0 Å². The fourth-order valence-corrected chi connectivity index (χ4v) is 4.60.